The molecule has 478 valence electrons. The second-order valence-corrected chi connectivity index (χ2v) is 24.2. The molecule has 1 aromatic heterocycles. The predicted molar refractivity (Wildman–Crippen MR) is 340 cm³/mol. The summed E-state index contributed by atoms with van der Waals surface area (Å²) in [7, 11) is 0. The fraction of sp³-hybridized carbons (Fsp3) is 0.203. The summed E-state index contributed by atoms with van der Waals surface area (Å²) in [6.07, 6.45) is -1.53. The van der Waals surface area contributed by atoms with Crippen molar-refractivity contribution in [3.8, 4) is 68.3 Å². The number of ether oxygens (including phenoxy) is 4. The summed E-state index contributed by atoms with van der Waals surface area (Å²) in [5.74, 6) is 1.85. The number of phenolic OH excluding ortho intramolecular Hbond substituents is 1. The van der Waals surface area contributed by atoms with Gasteiger partial charge in [0.2, 0.25) is 0 Å². The SMILES string of the molecule is CC1=C2C(=O)OC3=CCCCC3C2=N/C1=C(/c1c(C)cc(OC(=O)Cc2ccc([N-]C(=O)c3cc(-c4ccc(C(F)(F)F)cc4)c4c5c(c(-c6ccc(C(F)(F)F)cc6)cc(O)c35)-c3ccccc3O4)cc2)cc1C)c1c(C)c2c(n1B(C#N)C#N)C1CCCC=C1OC2=O.[W]. The Morgan fingerprint density at radius 2 is 1.31 bits per heavy atom. The number of phenols is 1. The Morgan fingerprint density at radius 3 is 1.94 bits per heavy atom. The van der Waals surface area contributed by atoms with Gasteiger partial charge in [0, 0.05) is 71.1 Å². The summed E-state index contributed by atoms with van der Waals surface area (Å²) in [4.78, 5) is 62.2. The molecule has 14 nitrogen and oxygen atoms in total. The first-order valence-corrected chi connectivity index (χ1v) is 30.6. The van der Waals surface area contributed by atoms with Crippen LogP contribution in [0.15, 0.2) is 167 Å². The number of hydrogen-bond acceptors (Lipinski definition) is 12. The summed E-state index contributed by atoms with van der Waals surface area (Å²) in [5.41, 5.74) is 5.60. The normalized spacial score (nSPS) is 17.2. The fourth-order valence-electron chi connectivity index (χ4n) is 14.2. The Hall–Kier alpha value is -10.5. The number of nitriles is 2. The molecule has 1 saturated heterocycles. The van der Waals surface area contributed by atoms with Gasteiger partial charge in [-0.1, -0.05) is 66.7 Å². The number of aromatic nitrogens is 1. The average molecular weight is 1460 g/mol. The van der Waals surface area contributed by atoms with Gasteiger partial charge < -0.3 is 38.6 Å². The summed E-state index contributed by atoms with van der Waals surface area (Å²) in [6, 6.07) is 27.3. The molecule has 0 spiro atoms. The molecule has 7 aromatic carbocycles. The van der Waals surface area contributed by atoms with Crippen LogP contribution in [0.2, 0.25) is 0 Å². The van der Waals surface area contributed by atoms with Crippen molar-refractivity contribution < 1.29 is 90.6 Å². The van der Waals surface area contributed by atoms with E-state index in [2.05, 4.69) is 17.3 Å². The van der Waals surface area contributed by atoms with Crippen molar-refractivity contribution >= 4 is 58.4 Å². The number of esters is 3. The molecule has 5 heterocycles. The fourth-order valence-corrected chi connectivity index (χ4v) is 14.2. The summed E-state index contributed by atoms with van der Waals surface area (Å²) in [5, 5.41) is 38.0. The van der Waals surface area contributed by atoms with E-state index < -0.39 is 65.8 Å². The van der Waals surface area contributed by atoms with Crippen LogP contribution in [0.1, 0.15) is 122 Å². The van der Waals surface area contributed by atoms with Gasteiger partial charge >= 0.3 is 37.1 Å². The van der Waals surface area contributed by atoms with Gasteiger partial charge in [-0.3, -0.25) is 9.79 Å². The molecule has 2 atom stereocenters. The topological polar surface area (TPSA) is 204 Å². The molecule has 96 heavy (non-hydrogen) atoms. The summed E-state index contributed by atoms with van der Waals surface area (Å²) in [6.45, 7) is 5.71. The first kappa shape index (κ1) is 64.2. The van der Waals surface area contributed by atoms with Crippen molar-refractivity contribution in [1.29, 1.82) is 10.5 Å². The van der Waals surface area contributed by atoms with E-state index in [0.717, 1.165) is 43.5 Å². The number of allylic oxidation sites excluding steroid dienone is 5. The van der Waals surface area contributed by atoms with Crippen LogP contribution in [0.5, 0.6) is 23.0 Å². The monoisotopic (exact) mass is 1460 g/mol. The van der Waals surface area contributed by atoms with E-state index in [1.54, 1.807) is 80.7 Å². The zero-order chi connectivity index (χ0) is 66.7. The van der Waals surface area contributed by atoms with E-state index in [1.807, 2.05) is 12.2 Å². The molecule has 0 saturated carbocycles. The van der Waals surface area contributed by atoms with E-state index in [1.165, 1.54) is 48.5 Å². The molecule has 8 aromatic rings. The van der Waals surface area contributed by atoms with Gasteiger partial charge in [-0.2, -0.15) is 26.3 Å². The number of amides is 1. The van der Waals surface area contributed by atoms with E-state index in [9.17, 15) is 61.2 Å². The largest absolute Gasteiger partial charge is 0.623 e. The van der Waals surface area contributed by atoms with Gasteiger partial charge in [-0.15, -0.1) is 5.69 Å². The Kier molecular flexibility index (Phi) is 16.3. The number of alkyl halides is 6. The Labute approximate surface area is 559 Å². The minimum Gasteiger partial charge on any atom is -0.623 e. The second kappa shape index (κ2) is 24.4. The van der Waals surface area contributed by atoms with Gasteiger partial charge in [-0.25, -0.2) is 20.1 Å². The van der Waals surface area contributed by atoms with Gasteiger partial charge in [0.15, 0.2) is 0 Å². The maximum absolute atomic E-state index is 14.8. The Morgan fingerprint density at radius 1 is 0.719 bits per heavy atom. The smallest absolute Gasteiger partial charge is 0.496 e. The number of aryl methyl sites for hydroxylation is 2. The number of carbonyl (C=O) groups excluding carboxylic acids is 4. The van der Waals surface area contributed by atoms with Crippen molar-refractivity contribution in [1.82, 2.24) is 4.48 Å². The maximum atomic E-state index is 14.8. The number of fused-ring (bicyclic) bond motifs is 8. The molecule has 0 bridgehead atoms. The molecule has 4 aliphatic heterocycles. The Balaban J connectivity index is 0.00000833. The van der Waals surface area contributed by atoms with E-state index in [0.29, 0.717) is 109 Å². The van der Waals surface area contributed by atoms with Crippen LogP contribution in [0.3, 0.4) is 0 Å². The molecule has 6 aliphatic rings. The number of rotatable bonds is 10. The van der Waals surface area contributed by atoms with Crippen LogP contribution >= 0.6 is 0 Å². The van der Waals surface area contributed by atoms with Crippen molar-refractivity contribution in [2.24, 2.45) is 10.9 Å². The molecule has 14 rings (SSSR count). The molecule has 2 unspecified atom stereocenters. The molecule has 1 amide bonds. The van der Waals surface area contributed by atoms with E-state index in [-0.39, 0.29) is 100 Å². The van der Waals surface area contributed by atoms with Crippen LogP contribution < -0.4 is 9.47 Å². The van der Waals surface area contributed by atoms with Gasteiger partial charge in [0.25, 0.3) is 0 Å². The number of nitrogens with zero attached hydrogens (tertiary/aromatic N) is 5. The molecule has 1 N–H and O–H groups in total. The number of carbonyl (C=O) groups is 4. The number of aromatic hydroxyl groups is 1. The minimum atomic E-state index is -4.69. The van der Waals surface area contributed by atoms with Crippen LogP contribution in [0, 0.1) is 49.2 Å². The predicted octanol–water partition coefficient (Wildman–Crippen LogP) is 17.5. The number of para-hydroxylation sites is 1. The van der Waals surface area contributed by atoms with Crippen molar-refractivity contribution in [2.75, 3.05) is 0 Å². The first-order valence-electron chi connectivity index (χ1n) is 30.6. The van der Waals surface area contributed by atoms with E-state index >= 15 is 0 Å². The maximum Gasteiger partial charge on any atom is 0.496 e. The zero-order valence-electron chi connectivity index (χ0n) is 51.5. The molecular weight excluding hydrogens is 1410 g/mol. The van der Waals surface area contributed by atoms with Crippen LogP contribution in [-0.4, -0.2) is 46.0 Å². The first-order chi connectivity index (χ1) is 45.5. The number of benzene rings is 7. The third-order valence-electron chi connectivity index (χ3n) is 18.4. The third-order valence-corrected chi connectivity index (χ3v) is 18.4. The van der Waals surface area contributed by atoms with Crippen LogP contribution in [-0.2, 0) is 58.9 Å². The quantitative estimate of drug-likeness (QED) is 0.0590. The standard InChI is InChI=1S/C74H52BF6N5O9.W/c1-36-29-46(30-37(2)58(36)64(65-38(3)59-66(85-65)48-12-6-9-15-55(48)94-71(59)90)67-39(4)60-68(86(67)75(34-82)35-83)49-13-7-10-16-56(49)95-72(60)91)92-57(88)31-40-17-27-45(28-18-40)84-70(89)52-32-51(42-21-25-44(26-22-42)74(79,80)81)69-63-61(47-11-5-8-14-54(47)93-69)50(33-53(87)62(52)63)41-19-23-43(24-20-41)73(76,77)78;/h5,8,11,14-30,32-33,48-49H,6-7,9-10,12-13,31H2,1-4H3,(H2,84,87,89);/p-1/b65-64-;. The van der Waals surface area contributed by atoms with Gasteiger partial charge in [-0.05, 0) is 183 Å². The number of hydrogen-bond donors (Lipinski definition) is 1. The van der Waals surface area contributed by atoms with Gasteiger partial charge in [0.05, 0.1) is 69.8 Å². The van der Waals surface area contributed by atoms with Crippen molar-refractivity contribution in [3.05, 3.63) is 229 Å². The molecule has 1 fully saturated rings. The van der Waals surface area contributed by atoms with Crippen molar-refractivity contribution in [3.63, 3.8) is 0 Å². The number of halogens is 6. The summed E-state index contributed by atoms with van der Waals surface area (Å²) >= 11 is 0. The van der Waals surface area contributed by atoms with Crippen molar-refractivity contribution in [2.45, 2.75) is 90.9 Å². The second-order valence-electron chi connectivity index (χ2n) is 24.2. The van der Waals surface area contributed by atoms with E-state index in [4.69, 9.17) is 23.9 Å². The Bertz CT molecular complexity index is 4960. The van der Waals surface area contributed by atoms with Crippen LogP contribution in [0.4, 0.5) is 32.0 Å². The zero-order valence-corrected chi connectivity index (χ0v) is 54.4. The third kappa shape index (κ3) is 10.9. The molecule has 22 heteroatoms. The minimum absolute atomic E-state index is 0. The summed E-state index contributed by atoms with van der Waals surface area (Å²) < 4.78 is 109. The number of aliphatic imine (C=N–C) groups is 1. The molecule has 0 radical (unpaired) electrons. The van der Waals surface area contributed by atoms with Gasteiger partial charge in [0.1, 0.15) is 34.5 Å². The molecular formula is C74H51BF6N5O9W-. The van der Waals surface area contributed by atoms with Crippen LogP contribution in [0.25, 0.3) is 55.0 Å². The average Bonchev–Trinajstić information content (AvgIpc) is 1.23. The molecule has 2 aliphatic carbocycles.